The fourth-order valence-corrected chi connectivity index (χ4v) is 2.08. The minimum absolute atomic E-state index is 0.567. The molecule has 14 heavy (non-hydrogen) atoms. The average Bonchev–Trinajstić information content (AvgIpc) is 2.71. The molecule has 0 aliphatic heterocycles. The van der Waals surface area contributed by atoms with Crippen molar-refractivity contribution in [1.29, 1.82) is 0 Å². The molecule has 0 amide bonds. The van der Waals surface area contributed by atoms with E-state index in [4.69, 9.17) is 4.42 Å². The fourth-order valence-electron chi connectivity index (χ4n) is 1.34. The van der Waals surface area contributed by atoms with Crippen molar-refractivity contribution in [1.82, 2.24) is 4.98 Å². The van der Waals surface area contributed by atoms with Gasteiger partial charge in [0.2, 0.25) is 0 Å². The van der Waals surface area contributed by atoms with Crippen molar-refractivity contribution in [2.75, 3.05) is 0 Å². The largest absolute Gasteiger partial charge is 0.472 e. The van der Waals surface area contributed by atoms with Gasteiger partial charge in [-0.25, -0.2) is 0 Å². The molecule has 2 rings (SSSR count). The number of hydrogen-bond acceptors (Lipinski definition) is 4. The second-order valence-corrected chi connectivity index (χ2v) is 4.40. The van der Waals surface area contributed by atoms with Crippen LogP contribution in [0.3, 0.4) is 0 Å². The van der Waals surface area contributed by atoms with Gasteiger partial charge in [0.05, 0.1) is 23.6 Å². The maximum absolute atomic E-state index is 10.2. The van der Waals surface area contributed by atoms with Gasteiger partial charge in [-0.3, -0.25) is 4.98 Å². The first kappa shape index (κ1) is 9.43. The Hall–Kier alpha value is -1.13. The second-order valence-electron chi connectivity index (χ2n) is 3.43. The quantitative estimate of drug-likeness (QED) is 0.842. The molecule has 74 valence electrons. The lowest BCUT2D eigenvalue weighted by Gasteiger charge is -2.20. The van der Waals surface area contributed by atoms with Crippen molar-refractivity contribution in [3.63, 3.8) is 0 Å². The highest BCUT2D eigenvalue weighted by atomic mass is 32.1. The third kappa shape index (κ3) is 1.86. The summed E-state index contributed by atoms with van der Waals surface area (Å²) < 4.78 is 4.95. The number of aromatic nitrogens is 1. The molecule has 2 aromatic rings. The Morgan fingerprint density at radius 1 is 1.64 bits per heavy atom. The van der Waals surface area contributed by atoms with Gasteiger partial charge < -0.3 is 9.52 Å². The SMILES string of the molecule is CC(O)(Cc1cncs1)c1ccoc1. The van der Waals surface area contributed by atoms with Crippen molar-refractivity contribution < 1.29 is 9.52 Å². The fraction of sp³-hybridized carbons (Fsp3) is 0.300. The van der Waals surface area contributed by atoms with Gasteiger partial charge in [0, 0.05) is 23.1 Å². The van der Waals surface area contributed by atoms with Crippen LogP contribution in [0.2, 0.25) is 0 Å². The molecule has 0 aromatic carbocycles. The van der Waals surface area contributed by atoms with E-state index in [-0.39, 0.29) is 0 Å². The van der Waals surface area contributed by atoms with Crippen LogP contribution in [0.5, 0.6) is 0 Å². The van der Waals surface area contributed by atoms with Crippen LogP contribution in [0.4, 0.5) is 0 Å². The van der Waals surface area contributed by atoms with Crippen LogP contribution >= 0.6 is 11.3 Å². The summed E-state index contributed by atoms with van der Waals surface area (Å²) in [6.07, 6.45) is 5.48. The van der Waals surface area contributed by atoms with Gasteiger partial charge in [-0.1, -0.05) is 0 Å². The van der Waals surface area contributed by atoms with Crippen LogP contribution in [0.25, 0.3) is 0 Å². The normalized spacial score (nSPS) is 15.3. The zero-order valence-electron chi connectivity index (χ0n) is 7.80. The first-order valence-electron chi connectivity index (χ1n) is 4.31. The van der Waals surface area contributed by atoms with Crippen molar-refractivity contribution in [2.24, 2.45) is 0 Å². The molecule has 0 bridgehead atoms. The molecule has 4 heteroatoms. The molecule has 1 unspecified atom stereocenters. The van der Waals surface area contributed by atoms with Crippen LogP contribution in [-0.4, -0.2) is 10.1 Å². The lowest BCUT2D eigenvalue weighted by Crippen LogP contribution is -2.22. The van der Waals surface area contributed by atoms with E-state index in [1.807, 2.05) is 0 Å². The Kier molecular flexibility index (Phi) is 2.39. The number of rotatable bonds is 3. The minimum Gasteiger partial charge on any atom is -0.472 e. The molecule has 0 saturated carbocycles. The zero-order chi connectivity index (χ0) is 10.0. The number of aliphatic hydroxyl groups is 1. The van der Waals surface area contributed by atoms with Gasteiger partial charge in [0.25, 0.3) is 0 Å². The van der Waals surface area contributed by atoms with Gasteiger partial charge in [0.1, 0.15) is 0 Å². The topological polar surface area (TPSA) is 46.3 Å². The molecular weight excluding hydrogens is 198 g/mol. The predicted molar refractivity (Wildman–Crippen MR) is 54.1 cm³/mol. The third-order valence-electron chi connectivity index (χ3n) is 2.14. The number of furan rings is 1. The Morgan fingerprint density at radius 3 is 3.07 bits per heavy atom. The van der Waals surface area contributed by atoms with Gasteiger partial charge in [-0.05, 0) is 13.0 Å². The smallest absolute Gasteiger partial charge is 0.0963 e. The van der Waals surface area contributed by atoms with E-state index in [9.17, 15) is 5.11 Å². The molecule has 1 atom stereocenters. The predicted octanol–water partition coefficient (Wildman–Crippen LogP) is 2.19. The zero-order valence-corrected chi connectivity index (χ0v) is 8.62. The molecular formula is C10H11NO2S. The molecule has 0 aliphatic carbocycles. The van der Waals surface area contributed by atoms with E-state index in [0.717, 1.165) is 10.4 Å². The summed E-state index contributed by atoms with van der Waals surface area (Å²) in [5.41, 5.74) is 1.69. The summed E-state index contributed by atoms with van der Waals surface area (Å²) in [5.74, 6) is 0. The summed E-state index contributed by atoms with van der Waals surface area (Å²) in [6, 6.07) is 1.78. The summed E-state index contributed by atoms with van der Waals surface area (Å²) in [4.78, 5) is 5.04. The highest BCUT2D eigenvalue weighted by Gasteiger charge is 2.25. The van der Waals surface area contributed by atoms with Crippen LogP contribution in [0, 0.1) is 0 Å². The highest BCUT2D eigenvalue weighted by Crippen LogP contribution is 2.26. The minimum atomic E-state index is -0.875. The van der Waals surface area contributed by atoms with Crippen molar-refractivity contribution in [3.8, 4) is 0 Å². The molecule has 0 aliphatic rings. The van der Waals surface area contributed by atoms with E-state index in [1.54, 1.807) is 48.6 Å². The van der Waals surface area contributed by atoms with Gasteiger partial charge >= 0.3 is 0 Å². The molecule has 0 spiro atoms. The summed E-state index contributed by atoms with van der Waals surface area (Å²) in [6.45, 7) is 1.78. The molecule has 3 nitrogen and oxygen atoms in total. The van der Waals surface area contributed by atoms with E-state index < -0.39 is 5.60 Å². The van der Waals surface area contributed by atoms with Crippen LogP contribution in [0.15, 0.2) is 34.7 Å². The number of thiazole rings is 1. The van der Waals surface area contributed by atoms with E-state index in [1.165, 1.54) is 0 Å². The highest BCUT2D eigenvalue weighted by molar-refractivity contribution is 7.09. The van der Waals surface area contributed by atoms with Crippen LogP contribution < -0.4 is 0 Å². The summed E-state index contributed by atoms with van der Waals surface area (Å²) in [5, 5.41) is 10.2. The van der Waals surface area contributed by atoms with Crippen molar-refractivity contribution in [3.05, 3.63) is 40.7 Å². The number of nitrogens with zero attached hydrogens (tertiary/aromatic N) is 1. The first-order chi connectivity index (χ1) is 6.68. The molecule has 2 aromatic heterocycles. The van der Waals surface area contributed by atoms with Gasteiger partial charge in [-0.15, -0.1) is 11.3 Å². The molecule has 0 saturated heterocycles. The maximum Gasteiger partial charge on any atom is 0.0963 e. The van der Waals surface area contributed by atoms with E-state index in [0.29, 0.717) is 6.42 Å². The summed E-state index contributed by atoms with van der Waals surface area (Å²) in [7, 11) is 0. The lowest BCUT2D eigenvalue weighted by atomic mass is 9.95. The second kappa shape index (κ2) is 3.55. The standard InChI is InChI=1S/C10H11NO2S/c1-10(12,8-2-3-13-6-8)4-9-5-11-7-14-9/h2-3,5-7,12H,4H2,1H3. The first-order valence-corrected chi connectivity index (χ1v) is 5.19. The van der Waals surface area contributed by atoms with Gasteiger partial charge in [0.15, 0.2) is 0 Å². The monoisotopic (exact) mass is 209 g/mol. The molecule has 0 radical (unpaired) electrons. The maximum atomic E-state index is 10.2. The third-order valence-corrected chi connectivity index (χ3v) is 2.92. The van der Waals surface area contributed by atoms with Crippen molar-refractivity contribution >= 4 is 11.3 Å². The van der Waals surface area contributed by atoms with Crippen LogP contribution in [0.1, 0.15) is 17.4 Å². The Bertz CT molecular complexity index is 378. The lowest BCUT2D eigenvalue weighted by molar-refractivity contribution is 0.0578. The van der Waals surface area contributed by atoms with E-state index in [2.05, 4.69) is 4.98 Å². The Morgan fingerprint density at radius 2 is 2.50 bits per heavy atom. The average molecular weight is 209 g/mol. The molecule has 0 fully saturated rings. The number of hydrogen-bond donors (Lipinski definition) is 1. The Balaban J connectivity index is 2.17. The molecule has 1 N–H and O–H groups in total. The Labute approximate surface area is 86.0 Å². The summed E-state index contributed by atoms with van der Waals surface area (Å²) >= 11 is 1.55. The van der Waals surface area contributed by atoms with Gasteiger partial charge in [-0.2, -0.15) is 0 Å². The molecule has 2 heterocycles. The van der Waals surface area contributed by atoms with Crippen LogP contribution in [-0.2, 0) is 12.0 Å². The van der Waals surface area contributed by atoms with Crippen molar-refractivity contribution in [2.45, 2.75) is 18.9 Å². The van der Waals surface area contributed by atoms with E-state index >= 15 is 0 Å².